The van der Waals surface area contributed by atoms with Crippen LogP contribution >= 0.6 is 0 Å². The summed E-state index contributed by atoms with van der Waals surface area (Å²) in [6.45, 7) is 3.89. The minimum Gasteiger partial charge on any atom is -0.476 e. The summed E-state index contributed by atoms with van der Waals surface area (Å²) in [6.07, 6.45) is 7.97. The average Bonchev–Trinajstić information content (AvgIpc) is 3.57. The molecule has 0 unspecified atom stereocenters. The van der Waals surface area contributed by atoms with E-state index in [0.717, 1.165) is 55.2 Å². The molecular formula is C26H26N4O3. The van der Waals surface area contributed by atoms with Crippen LogP contribution in [-0.4, -0.2) is 39.5 Å². The average molecular weight is 443 g/mol. The predicted molar refractivity (Wildman–Crippen MR) is 124 cm³/mol. The lowest BCUT2D eigenvalue weighted by Crippen LogP contribution is -2.42. The van der Waals surface area contributed by atoms with Crippen LogP contribution in [-0.2, 0) is 0 Å². The summed E-state index contributed by atoms with van der Waals surface area (Å²) in [4.78, 5) is 13.2. The Labute approximate surface area is 192 Å². The van der Waals surface area contributed by atoms with Crippen LogP contribution in [0.5, 0.6) is 0 Å². The highest BCUT2D eigenvalue weighted by Crippen LogP contribution is 2.55. The van der Waals surface area contributed by atoms with Gasteiger partial charge in [-0.15, -0.1) is 10.2 Å². The number of hydrogen-bond donors (Lipinski definition) is 1. The molecule has 168 valence electrons. The molecule has 3 aliphatic rings. The molecule has 7 heteroatoms. The first-order valence-electron chi connectivity index (χ1n) is 11.6. The summed E-state index contributed by atoms with van der Waals surface area (Å²) in [6, 6.07) is 11.7. The number of aromatic carboxylic acids is 1. The number of aromatic nitrogens is 3. The fourth-order valence-corrected chi connectivity index (χ4v) is 5.25. The maximum atomic E-state index is 11.0. The van der Waals surface area contributed by atoms with E-state index in [-0.39, 0.29) is 11.1 Å². The molecule has 2 fully saturated rings. The van der Waals surface area contributed by atoms with Gasteiger partial charge in [-0.3, -0.25) is 0 Å². The van der Waals surface area contributed by atoms with Crippen molar-refractivity contribution in [3.05, 3.63) is 65.1 Å². The Morgan fingerprint density at radius 2 is 1.88 bits per heavy atom. The van der Waals surface area contributed by atoms with Crippen molar-refractivity contribution in [3.63, 3.8) is 0 Å². The van der Waals surface area contributed by atoms with Crippen molar-refractivity contribution in [1.82, 2.24) is 15.4 Å². The summed E-state index contributed by atoms with van der Waals surface area (Å²) in [5.74, 6) is 1.27. The molecule has 2 aliphatic carbocycles. The third-order valence-corrected chi connectivity index (χ3v) is 7.36. The Morgan fingerprint density at radius 1 is 1.12 bits per heavy atom. The zero-order valence-corrected chi connectivity index (χ0v) is 18.6. The van der Waals surface area contributed by atoms with E-state index in [0.29, 0.717) is 5.92 Å². The Morgan fingerprint density at radius 3 is 2.52 bits per heavy atom. The molecule has 1 aliphatic heterocycles. The Balaban J connectivity index is 1.23. The monoisotopic (exact) mass is 442 g/mol. The molecule has 0 radical (unpaired) electrons. The Hall–Kier alpha value is -3.48. The van der Waals surface area contributed by atoms with Crippen LogP contribution in [0, 0.1) is 12.3 Å². The Kier molecular flexibility index (Phi) is 4.60. The quantitative estimate of drug-likeness (QED) is 0.588. The second kappa shape index (κ2) is 7.54. The number of anilines is 1. The molecule has 2 aromatic heterocycles. The summed E-state index contributed by atoms with van der Waals surface area (Å²) >= 11 is 0. The van der Waals surface area contributed by atoms with Gasteiger partial charge in [0.1, 0.15) is 11.5 Å². The minimum absolute atomic E-state index is 0.0246. The molecule has 33 heavy (non-hydrogen) atoms. The third-order valence-electron chi connectivity index (χ3n) is 7.36. The van der Waals surface area contributed by atoms with Gasteiger partial charge in [-0.2, -0.15) is 0 Å². The van der Waals surface area contributed by atoms with Crippen molar-refractivity contribution in [1.29, 1.82) is 0 Å². The number of piperidine rings is 1. The SMILES string of the molecule is Cc1ccccc1-c1noc(C2CC2)c1C1=CC2(CCN(c3ccc(C(=O)O)nn3)CC2)C1. The number of carboxylic acid groups (broad SMARTS) is 1. The van der Waals surface area contributed by atoms with E-state index in [1.807, 2.05) is 0 Å². The highest BCUT2D eigenvalue weighted by Gasteiger charge is 2.44. The lowest BCUT2D eigenvalue weighted by atomic mass is 9.63. The normalized spacial score (nSPS) is 19.3. The van der Waals surface area contributed by atoms with Crippen LogP contribution in [0.4, 0.5) is 5.82 Å². The third kappa shape index (κ3) is 3.52. The molecule has 1 saturated heterocycles. The molecule has 3 aromatic rings. The number of rotatable bonds is 5. The van der Waals surface area contributed by atoms with Crippen molar-refractivity contribution in [3.8, 4) is 11.3 Å². The first kappa shape index (κ1) is 20.1. The zero-order chi connectivity index (χ0) is 22.6. The van der Waals surface area contributed by atoms with Crippen molar-refractivity contribution in [2.75, 3.05) is 18.0 Å². The van der Waals surface area contributed by atoms with Crippen LogP contribution in [0.3, 0.4) is 0 Å². The highest BCUT2D eigenvalue weighted by molar-refractivity contribution is 5.85. The highest BCUT2D eigenvalue weighted by atomic mass is 16.5. The van der Waals surface area contributed by atoms with Gasteiger partial charge >= 0.3 is 5.97 Å². The van der Waals surface area contributed by atoms with Gasteiger partial charge in [0.25, 0.3) is 0 Å². The molecule has 0 bridgehead atoms. The van der Waals surface area contributed by atoms with E-state index in [9.17, 15) is 4.79 Å². The van der Waals surface area contributed by atoms with Crippen molar-refractivity contribution in [2.45, 2.75) is 44.9 Å². The molecule has 1 aromatic carbocycles. The number of allylic oxidation sites excluding steroid dienone is 2. The largest absolute Gasteiger partial charge is 0.476 e. The van der Waals surface area contributed by atoms with Crippen LogP contribution < -0.4 is 4.90 Å². The number of carbonyl (C=O) groups is 1. The predicted octanol–water partition coefficient (Wildman–Crippen LogP) is 5.09. The van der Waals surface area contributed by atoms with Gasteiger partial charge in [0, 0.05) is 30.1 Å². The number of carboxylic acids is 1. The minimum atomic E-state index is -1.05. The molecule has 3 heterocycles. The molecule has 7 nitrogen and oxygen atoms in total. The van der Waals surface area contributed by atoms with Crippen molar-refractivity contribution >= 4 is 17.4 Å². The summed E-state index contributed by atoms with van der Waals surface area (Å²) < 4.78 is 5.91. The van der Waals surface area contributed by atoms with Gasteiger partial charge < -0.3 is 14.5 Å². The van der Waals surface area contributed by atoms with E-state index in [4.69, 9.17) is 9.63 Å². The summed E-state index contributed by atoms with van der Waals surface area (Å²) in [5.41, 5.74) is 6.15. The van der Waals surface area contributed by atoms with E-state index in [1.165, 1.54) is 35.6 Å². The van der Waals surface area contributed by atoms with Gasteiger partial charge in [0.2, 0.25) is 0 Å². The maximum absolute atomic E-state index is 11.0. The first-order valence-corrected chi connectivity index (χ1v) is 11.6. The standard InChI is InChI=1S/C26H26N4O3/c1-16-4-2-3-5-19(16)23-22(24(33-29-23)17-6-7-17)18-14-26(15-18)10-12-30(13-11-26)21-9-8-20(25(31)32)27-28-21/h2-5,8-9,14,17H,6-7,10-13,15H2,1H3,(H,31,32). The molecule has 1 N–H and O–H groups in total. The topological polar surface area (TPSA) is 92.4 Å². The fraction of sp³-hybridized carbons (Fsp3) is 0.385. The first-order chi connectivity index (χ1) is 16.0. The molecule has 1 saturated carbocycles. The number of nitrogens with zero attached hydrogens (tertiary/aromatic N) is 4. The maximum Gasteiger partial charge on any atom is 0.356 e. The van der Waals surface area contributed by atoms with Crippen LogP contribution in [0.15, 0.2) is 47.0 Å². The van der Waals surface area contributed by atoms with Gasteiger partial charge in [-0.25, -0.2) is 4.79 Å². The van der Waals surface area contributed by atoms with Gasteiger partial charge in [0.05, 0.1) is 0 Å². The van der Waals surface area contributed by atoms with E-state index in [1.54, 1.807) is 6.07 Å². The van der Waals surface area contributed by atoms with Crippen molar-refractivity contribution < 1.29 is 14.4 Å². The van der Waals surface area contributed by atoms with Crippen molar-refractivity contribution in [2.24, 2.45) is 5.41 Å². The Bertz CT molecular complexity index is 1250. The molecule has 0 atom stereocenters. The van der Waals surface area contributed by atoms with Gasteiger partial charge in [-0.1, -0.05) is 35.5 Å². The number of aryl methyl sites for hydroxylation is 1. The molecule has 1 spiro atoms. The molecule has 0 amide bonds. The van der Waals surface area contributed by atoms with Crippen LogP contribution in [0.2, 0.25) is 0 Å². The lowest BCUT2D eigenvalue weighted by molar-refractivity contribution is 0.0689. The lowest BCUT2D eigenvalue weighted by Gasteiger charge is -2.46. The molecule has 6 rings (SSSR count). The van der Waals surface area contributed by atoms with Crippen LogP contribution in [0.25, 0.3) is 16.8 Å². The smallest absolute Gasteiger partial charge is 0.356 e. The van der Waals surface area contributed by atoms with Gasteiger partial charge in [0.15, 0.2) is 11.5 Å². The second-order valence-electron chi connectivity index (χ2n) is 9.64. The van der Waals surface area contributed by atoms with Gasteiger partial charge in [-0.05, 0) is 67.7 Å². The summed E-state index contributed by atoms with van der Waals surface area (Å²) in [5, 5.41) is 21.5. The zero-order valence-electron chi connectivity index (χ0n) is 18.6. The van der Waals surface area contributed by atoms with E-state index >= 15 is 0 Å². The fourth-order valence-electron chi connectivity index (χ4n) is 5.25. The number of benzene rings is 1. The molecular weight excluding hydrogens is 416 g/mol. The summed E-state index contributed by atoms with van der Waals surface area (Å²) in [7, 11) is 0. The van der Waals surface area contributed by atoms with Crippen LogP contribution in [0.1, 0.15) is 65.4 Å². The number of hydrogen-bond acceptors (Lipinski definition) is 6. The second-order valence-corrected chi connectivity index (χ2v) is 9.64. The van der Waals surface area contributed by atoms with E-state index < -0.39 is 5.97 Å². The van der Waals surface area contributed by atoms with E-state index in [2.05, 4.69) is 57.5 Å².